The van der Waals surface area contributed by atoms with Gasteiger partial charge in [0, 0.05) is 6.07 Å². The van der Waals surface area contributed by atoms with Crippen molar-refractivity contribution < 1.29 is 23.8 Å². The van der Waals surface area contributed by atoms with Crippen molar-refractivity contribution in [1.82, 2.24) is 0 Å². The van der Waals surface area contributed by atoms with E-state index in [-0.39, 0.29) is 22.7 Å². The second-order valence-corrected chi connectivity index (χ2v) is 7.51. The summed E-state index contributed by atoms with van der Waals surface area (Å²) in [7, 11) is 3.89. The lowest BCUT2D eigenvalue weighted by molar-refractivity contribution is -0.139. The second-order valence-electron chi connectivity index (χ2n) is 6.65. The zero-order valence-electron chi connectivity index (χ0n) is 17.6. The van der Waals surface area contributed by atoms with Crippen molar-refractivity contribution in [2.45, 2.75) is 5.92 Å². The van der Waals surface area contributed by atoms with Crippen molar-refractivity contribution in [3.63, 3.8) is 0 Å². The summed E-state index contributed by atoms with van der Waals surface area (Å²) in [5.41, 5.74) is 7.32. The minimum absolute atomic E-state index is 0.0150. The smallest absolute Gasteiger partial charge is 0.355 e. The molecular weight excluding hydrogens is 478 g/mol. The number of ether oxygens (including phenoxy) is 3. The number of hydrogen-bond acceptors (Lipinski definition) is 8. The van der Waals surface area contributed by atoms with Crippen molar-refractivity contribution in [2.75, 3.05) is 26.2 Å². The maximum absolute atomic E-state index is 13.0. The Kier molecular flexibility index (Phi) is 6.85. The number of nitrogens with zero attached hydrogens (tertiary/aromatic N) is 2. The number of allylic oxidation sites excluding steroid dienone is 1. The largest absolute Gasteiger partial charge is 0.495 e. The third-order valence-electron chi connectivity index (χ3n) is 5.00. The van der Waals surface area contributed by atoms with Gasteiger partial charge in [-0.05, 0) is 33.6 Å². The van der Waals surface area contributed by atoms with E-state index in [0.717, 1.165) is 0 Å². The molecule has 0 saturated carbocycles. The van der Waals surface area contributed by atoms with Crippen LogP contribution < -0.4 is 15.4 Å². The molecule has 1 unspecified atom stereocenters. The molecule has 1 atom stereocenters. The minimum Gasteiger partial charge on any atom is -0.495 e. The fourth-order valence-corrected chi connectivity index (χ4v) is 3.98. The molecule has 2 aromatic rings. The van der Waals surface area contributed by atoms with Gasteiger partial charge in [0.05, 0.1) is 54.6 Å². The first kappa shape index (κ1) is 22.9. The van der Waals surface area contributed by atoms with Crippen LogP contribution in [0.15, 0.2) is 75.7 Å². The number of benzene rings is 2. The summed E-state index contributed by atoms with van der Waals surface area (Å²) in [5, 5.41) is 10.0. The van der Waals surface area contributed by atoms with Crippen molar-refractivity contribution in [3.05, 3.63) is 81.2 Å². The van der Waals surface area contributed by atoms with Crippen LogP contribution in [0.3, 0.4) is 0 Å². The number of anilines is 1. The summed E-state index contributed by atoms with van der Waals surface area (Å²) in [6, 6.07) is 15.9. The number of esters is 2. The van der Waals surface area contributed by atoms with Crippen LogP contribution in [0.5, 0.6) is 5.75 Å². The van der Waals surface area contributed by atoms with Gasteiger partial charge in [0.15, 0.2) is 0 Å². The average molecular weight is 498 g/mol. The van der Waals surface area contributed by atoms with E-state index in [4.69, 9.17) is 19.9 Å². The number of nitriles is 1. The Bertz CT molecular complexity index is 1170. The molecule has 0 fully saturated rings. The standard InChI is InChI=1S/C23H20BrN3O5/c1-30-17-11-14(9-10-16(17)24)27-20(23(29)32-3)19(22(28)31-2)18(15(12-25)21(27)26)13-7-5-4-6-8-13/h4-11,18H,26H2,1-3H3. The predicted octanol–water partition coefficient (Wildman–Crippen LogP) is 3.36. The quantitative estimate of drug-likeness (QED) is 0.625. The normalized spacial score (nSPS) is 15.8. The fraction of sp³-hybridized carbons (Fsp3) is 0.174. The molecular formula is C23H20BrN3O5. The summed E-state index contributed by atoms with van der Waals surface area (Å²) < 4.78 is 16.0. The molecule has 0 bridgehead atoms. The van der Waals surface area contributed by atoms with Gasteiger partial charge in [-0.25, -0.2) is 9.59 Å². The van der Waals surface area contributed by atoms with E-state index in [1.165, 1.54) is 26.2 Å². The predicted molar refractivity (Wildman–Crippen MR) is 120 cm³/mol. The molecule has 9 heteroatoms. The molecule has 8 nitrogen and oxygen atoms in total. The highest BCUT2D eigenvalue weighted by atomic mass is 79.9. The van der Waals surface area contributed by atoms with Crippen LogP contribution in [0.4, 0.5) is 5.69 Å². The second kappa shape index (κ2) is 9.58. The third-order valence-corrected chi connectivity index (χ3v) is 5.66. The number of carbonyl (C=O) groups is 2. The van der Waals surface area contributed by atoms with Gasteiger partial charge in [0.1, 0.15) is 17.3 Å². The van der Waals surface area contributed by atoms with Gasteiger partial charge in [-0.2, -0.15) is 5.26 Å². The third kappa shape index (κ3) is 3.92. The molecule has 1 aliphatic heterocycles. The summed E-state index contributed by atoms with van der Waals surface area (Å²) in [4.78, 5) is 27.3. The molecule has 3 rings (SSSR count). The van der Waals surface area contributed by atoms with Crippen molar-refractivity contribution in [1.29, 1.82) is 5.26 Å². The molecule has 164 valence electrons. The van der Waals surface area contributed by atoms with Gasteiger partial charge < -0.3 is 19.9 Å². The van der Waals surface area contributed by atoms with Crippen LogP contribution >= 0.6 is 15.9 Å². The Morgan fingerprint density at radius 2 is 1.72 bits per heavy atom. The number of carbonyl (C=O) groups excluding carboxylic acids is 2. The molecule has 0 radical (unpaired) electrons. The Morgan fingerprint density at radius 1 is 1.06 bits per heavy atom. The number of hydrogen-bond donors (Lipinski definition) is 1. The van der Waals surface area contributed by atoms with Gasteiger partial charge in [-0.1, -0.05) is 30.3 Å². The molecule has 0 spiro atoms. The number of halogens is 1. The molecule has 1 aliphatic rings. The monoisotopic (exact) mass is 497 g/mol. The van der Waals surface area contributed by atoms with Crippen LogP contribution in [0.25, 0.3) is 0 Å². The zero-order chi connectivity index (χ0) is 23.4. The van der Waals surface area contributed by atoms with Crippen LogP contribution in [0.2, 0.25) is 0 Å². The zero-order valence-corrected chi connectivity index (χ0v) is 19.2. The molecule has 32 heavy (non-hydrogen) atoms. The Balaban J connectivity index is 2.41. The summed E-state index contributed by atoms with van der Waals surface area (Å²) >= 11 is 3.38. The van der Waals surface area contributed by atoms with E-state index in [0.29, 0.717) is 21.5 Å². The summed E-state index contributed by atoms with van der Waals surface area (Å²) in [6.07, 6.45) is 0. The lowest BCUT2D eigenvalue weighted by atomic mass is 9.81. The van der Waals surface area contributed by atoms with Crippen molar-refractivity contribution in [3.8, 4) is 11.8 Å². The van der Waals surface area contributed by atoms with Crippen molar-refractivity contribution >= 4 is 33.6 Å². The van der Waals surface area contributed by atoms with Crippen LogP contribution in [-0.4, -0.2) is 33.3 Å². The van der Waals surface area contributed by atoms with Gasteiger partial charge in [0.2, 0.25) is 0 Å². The molecule has 0 saturated heterocycles. The SMILES string of the molecule is COC(=O)C1=C(C(=O)OC)N(c2ccc(Br)c(OC)c2)C(N)=C(C#N)C1c1ccccc1. The fourth-order valence-electron chi connectivity index (χ4n) is 3.57. The Morgan fingerprint density at radius 3 is 2.28 bits per heavy atom. The molecule has 1 heterocycles. The lowest BCUT2D eigenvalue weighted by Gasteiger charge is -2.36. The van der Waals surface area contributed by atoms with Crippen LogP contribution in [0, 0.1) is 11.3 Å². The molecule has 2 N–H and O–H groups in total. The highest BCUT2D eigenvalue weighted by Gasteiger charge is 2.43. The maximum Gasteiger partial charge on any atom is 0.355 e. The minimum atomic E-state index is -0.920. The van der Waals surface area contributed by atoms with Gasteiger partial charge >= 0.3 is 11.9 Å². The summed E-state index contributed by atoms with van der Waals surface area (Å²) in [5.74, 6) is -2.07. The molecule has 0 aromatic heterocycles. The van der Waals surface area contributed by atoms with E-state index in [1.807, 2.05) is 0 Å². The number of methoxy groups -OCH3 is 3. The summed E-state index contributed by atoms with van der Waals surface area (Å²) in [6.45, 7) is 0. The highest BCUT2D eigenvalue weighted by molar-refractivity contribution is 9.10. The van der Waals surface area contributed by atoms with E-state index >= 15 is 0 Å². The molecule has 0 aliphatic carbocycles. The molecule has 0 amide bonds. The van der Waals surface area contributed by atoms with E-state index in [1.54, 1.807) is 48.5 Å². The van der Waals surface area contributed by atoms with E-state index in [2.05, 4.69) is 22.0 Å². The average Bonchev–Trinajstić information content (AvgIpc) is 2.83. The van der Waals surface area contributed by atoms with Gasteiger partial charge in [-0.3, -0.25) is 4.90 Å². The highest BCUT2D eigenvalue weighted by Crippen LogP contribution is 2.44. The number of nitrogens with two attached hydrogens (primary N) is 1. The topological polar surface area (TPSA) is 115 Å². The van der Waals surface area contributed by atoms with Crippen LogP contribution in [-0.2, 0) is 19.1 Å². The first-order valence-corrected chi connectivity index (χ1v) is 10.2. The van der Waals surface area contributed by atoms with Crippen molar-refractivity contribution in [2.24, 2.45) is 5.73 Å². The lowest BCUT2D eigenvalue weighted by Crippen LogP contribution is -2.40. The first-order chi connectivity index (χ1) is 15.4. The number of rotatable bonds is 5. The van der Waals surface area contributed by atoms with E-state index < -0.39 is 17.9 Å². The Hall–Kier alpha value is -3.77. The van der Waals surface area contributed by atoms with Gasteiger partial charge in [0.25, 0.3) is 0 Å². The van der Waals surface area contributed by atoms with Gasteiger partial charge in [-0.15, -0.1) is 0 Å². The van der Waals surface area contributed by atoms with Crippen LogP contribution in [0.1, 0.15) is 11.5 Å². The maximum atomic E-state index is 13.0. The Labute approximate surface area is 193 Å². The first-order valence-electron chi connectivity index (χ1n) is 9.38. The van der Waals surface area contributed by atoms with E-state index in [9.17, 15) is 14.9 Å². The molecule has 2 aromatic carbocycles.